The molecule has 2 amide bonds. The average Bonchev–Trinajstić information content (AvgIpc) is 2.71. The molecule has 1 fully saturated rings. The van der Waals surface area contributed by atoms with E-state index in [2.05, 4.69) is 4.72 Å². The lowest BCUT2D eigenvalue weighted by molar-refractivity contribution is -0.125. The van der Waals surface area contributed by atoms with E-state index in [1.165, 1.54) is 21.0 Å². The molecule has 1 atom stereocenters. The van der Waals surface area contributed by atoms with Crippen molar-refractivity contribution in [1.29, 1.82) is 0 Å². The van der Waals surface area contributed by atoms with Crippen molar-refractivity contribution in [1.82, 2.24) is 4.31 Å². The predicted octanol–water partition coefficient (Wildman–Crippen LogP) is 3.46. The Morgan fingerprint density at radius 3 is 2.33 bits per heavy atom. The summed E-state index contributed by atoms with van der Waals surface area (Å²) < 4.78 is 28.1. The molecule has 1 aliphatic heterocycles. The normalized spacial score (nSPS) is 18.6. The Morgan fingerprint density at radius 1 is 1.03 bits per heavy atom. The van der Waals surface area contributed by atoms with Gasteiger partial charge in [0.25, 0.3) is 0 Å². The Kier molecular flexibility index (Phi) is 6.20. The molecule has 2 aliphatic rings. The number of carbonyl (C=O) groups is 2. The number of fused-ring (bicyclic) bond motifs is 1. The summed E-state index contributed by atoms with van der Waals surface area (Å²) in [5, 5.41) is 0. The summed E-state index contributed by atoms with van der Waals surface area (Å²) in [6.45, 7) is 3.95. The zero-order valence-electron chi connectivity index (χ0n) is 19.4. The standard InChI is InChI=1S/C24H30N4O4S/c1-16-15-27(24(30)18-7-5-8-18)23-14-20(11-12-22(23)28(16)17(2)29)19-9-6-10-21(13-19)25-33(31,32)26(3)4/h6,9-14,16,18,25H,5,7-8,15H2,1-4H3. The van der Waals surface area contributed by atoms with Crippen LogP contribution in [0.1, 0.15) is 33.1 Å². The first-order valence-corrected chi connectivity index (χ1v) is 12.6. The predicted molar refractivity (Wildman–Crippen MR) is 130 cm³/mol. The molecular formula is C24H30N4O4S. The fourth-order valence-corrected chi connectivity index (χ4v) is 4.98. The lowest BCUT2D eigenvalue weighted by Gasteiger charge is -2.43. The minimum Gasteiger partial charge on any atom is -0.308 e. The highest BCUT2D eigenvalue weighted by atomic mass is 32.2. The van der Waals surface area contributed by atoms with Crippen LogP contribution in [0, 0.1) is 5.92 Å². The fraction of sp³-hybridized carbons (Fsp3) is 0.417. The molecule has 4 rings (SSSR count). The zero-order chi connectivity index (χ0) is 23.9. The van der Waals surface area contributed by atoms with Crippen LogP contribution in [0.15, 0.2) is 42.5 Å². The van der Waals surface area contributed by atoms with Gasteiger partial charge in [-0.1, -0.05) is 24.6 Å². The summed E-state index contributed by atoms with van der Waals surface area (Å²) in [4.78, 5) is 29.2. The summed E-state index contributed by atoms with van der Waals surface area (Å²) in [7, 11) is -0.700. The number of hydrogen-bond donors (Lipinski definition) is 1. The Bertz CT molecular complexity index is 1190. The van der Waals surface area contributed by atoms with E-state index in [1.807, 2.05) is 36.1 Å². The van der Waals surface area contributed by atoms with Crippen LogP contribution in [0.2, 0.25) is 0 Å². The molecule has 1 unspecified atom stereocenters. The van der Waals surface area contributed by atoms with Gasteiger partial charge in [0.2, 0.25) is 11.8 Å². The van der Waals surface area contributed by atoms with Gasteiger partial charge >= 0.3 is 10.2 Å². The summed E-state index contributed by atoms with van der Waals surface area (Å²) in [5.41, 5.74) is 3.53. The first-order chi connectivity index (χ1) is 15.6. The van der Waals surface area contributed by atoms with E-state index in [0.717, 1.165) is 46.1 Å². The molecule has 8 nitrogen and oxygen atoms in total. The van der Waals surface area contributed by atoms with E-state index in [1.54, 1.807) is 23.1 Å². The summed E-state index contributed by atoms with van der Waals surface area (Å²) in [6.07, 6.45) is 2.88. The van der Waals surface area contributed by atoms with Gasteiger partial charge in [0.05, 0.1) is 23.1 Å². The highest BCUT2D eigenvalue weighted by Gasteiger charge is 2.37. The molecule has 0 aromatic heterocycles. The van der Waals surface area contributed by atoms with Crippen molar-refractivity contribution in [2.45, 2.75) is 39.2 Å². The number of anilines is 3. The van der Waals surface area contributed by atoms with Crippen LogP contribution in [0.4, 0.5) is 17.1 Å². The van der Waals surface area contributed by atoms with Crippen molar-refractivity contribution < 1.29 is 18.0 Å². The van der Waals surface area contributed by atoms with Crippen LogP contribution in [0.5, 0.6) is 0 Å². The number of nitrogens with zero attached hydrogens (tertiary/aromatic N) is 3. The van der Waals surface area contributed by atoms with E-state index >= 15 is 0 Å². The van der Waals surface area contributed by atoms with Gasteiger partial charge in [-0.25, -0.2) is 0 Å². The molecule has 1 saturated carbocycles. The lowest BCUT2D eigenvalue weighted by atomic mass is 9.84. The summed E-state index contributed by atoms with van der Waals surface area (Å²) in [5.74, 6) is 0.0934. The maximum absolute atomic E-state index is 13.2. The van der Waals surface area contributed by atoms with E-state index in [9.17, 15) is 18.0 Å². The molecule has 9 heteroatoms. The number of amides is 2. The summed E-state index contributed by atoms with van der Waals surface area (Å²) in [6, 6.07) is 12.7. The molecule has 176 valence electrons. The molecule has 1 N–H and O–H groups in total. The maximum Gasteiger partial charge on any atom is 0.301 e. The van der Waals surface area contributed by atoms with Gasteiger partial charge in [-0.05, 0) is 55.2 Å². The minimum atomic E-state index is -3.63. The van der Waals surface area contributed by atoms with E-state index in [4.69, 9.17) is 0 Å². The third-order valence-corrected chi connectivity index (χ3v) is 7.85. The average molecular weight is 471 g/mol. The van der Waals surface area contributed by atoms with Crippen LogP contribution < -0.4 is 14.5 Å². The molecule has 0 radical (unpaired) electrons. The molecule has 0 bridgehead atoms. The van der Waals surface area contributed by atoms with Crippen LogP contribution in [-0.2, 0) is 19.8 Å². The third-order valence-electron chi connectivity index (χ3n) is 6.40. The SMILES string of the molecule is CC(=O)N1c2ccc(-c3cccc(NS(=O)(=O)N(C)C)c3)cc2N(C(=O)C2CCC2)CC1C. The van der Waals surface area contributed by atoms with Crippen molar-refractivity contribution in [2.24, 2.45) is 5.92 Å². The number of hydrogen-bond acceptors (Lipinski definition) is 4. The number of carbonyl (C=O) groups excluding carboxylic acids is 2. The Hall–Kier alpha value is -2.91. The quantitative estimate of drug-likeness (QED) is 0.725. The van der Waals surface area contributed by atoms with Crippen LogP contribution in [0.25, 0.3) is 11.1 Å². The monoisotopic (exact) mass is 470 g/mol. The van der Waals surface area contributed by atoms with Crippen molar-refractivity contribution in [3.63, 3.8) is 0 Å². The molecule has 2 aromatic carbocycles. The highest BCUT2D eigenvalue weighted by molar-refractivity contribution is 7.90. The van der Waals surface area contributed by atoms with Gasteiger partial charge in [0, 0.05) is 33.5 Å². The van der Waals surface area contributed by atoms with Gasteiger partial charge in [-0.2, -0.15) is 12.7 Å². The lowest BCUT2D eigenvalue weighted by Crippen LogP contribution is -2.53. The first kappa shape index (κ1) is 23.3. The van der Waals surface area contributed by atoms with Crippen molar-refractivity contribution in [3.8, 4) is 11.1 Å². The second-order valence-electron chi connectivity index (χ2n) is 8.99. The minimum absolute atomic E-state index is 0.0429. The Balaban J connectivity index is 1.74. The zero-order valence-corrected chi connectivity index (χ0v) is 20.2. The third kappa shape index (κ3) is 4.47. The topological polar surface area (TPSA) is 90.0 Å². The molecular weight excluding hydrogens is 440 g/mol. The van der Waals surface area contributed by atoms with Crippen molar-refractivity contribution in [3.05, 3.63) is 42.5 Å². The van der Waals surface area contributed by atoms with Crippen LogP contribution in [-0.4, -0.2) is 51.2 Å². The van der Waals surface area contributed by atoms with Gasteiger partial charge in [-0.15, -0.1) is 0 Å². The van der Waals surface area contributed by atoms with Gasteiger partial charge < -0.3 is 9.80 Å². The Morgan fingerprint density at radius 2 is 1.73 bits per heavy atom. The molecule has 1 aliphatic carbocycles. The van der Waals surface area contributed by atoms with Crippen LogP contribution in [0.3, 0.4) is 0 Å². The van der Waals surface area contributed by atoms with Crippen LogP contribution >= 0.6 is 0 Å². The van der Waals surface area contributed by atoms with E-state index in [0.29, 0.717) is 12.2 Å². The second-order valence-corrected chi connectivity index (χ2v) is 10.9. The van der Waals surface area contributed by atoms with Gasteiger partial charge in [-0.3, -0.25) is 14.3 Å². The molecule has 33 heavy (non-hydrogen) atoms. The molecule has 2 aromatic rings. The Labute approximate surface area is 195 Å². The van der Waals surface area contributed by atoms with Crippen molar-refractivity contribution in [2.75, 3.05) is 35.2 Å². The van der Waals surface area contributed by atoms with Gasteiger partial charge in [0.15, 0.2) is 0 Å². The fourth-order valence-electron chi connectivity index (χ4n) is 4.37. The largest absolute Gasteiger partial charge is 0.308 e. The number of rotatable bonds is 5. The maximum atomic E-state index is 13.2. The smallest absolute Gasteiger partial charge is 0.301 e. The van der Waals surface area contributed by atoms with E-state index < -0.39 is 10.2 Å². The van der Waals surface area contributed by atoms with Crippen molar-refractivity contribution >= 4 is 39.1 Å². The highest BCUT2D eigenvalue weighted by Crippen LogP contribution is 2.41. The first-order valence-electron chi connectivity index (χ1n) is 11.1. The molecule has 1 heterocycles. The van der Waals surface area contributed by atoms with E-state index in [-0.39, 0.29) is 23.8 Å². The summed E-state index contributed by atoms with van der Waals surface area (Å²) >= 11 is 0. The second kappa shape index (κ2) is 8.79. The molecule has 0 spiro atoms. The number of benzene rings is 2. The van der Waals surface area contributed by atoms with Gasteiger partial charge in [0.1, 0.15) is 0 Å². The number of nitrogens with one attached hydrogen (secondary N) is 1. The molecule has 0 saturated heterocycles.